The van der Waals surface area contributed by atoms with Gasteiger partial charge >= 0.3 is 0 Å². The topological polar surface area (TPSA) is 58.6 Å². The Morgan fingerprint density at radius 3 is 2.33 bits per heavy atom. The molecular weight excluding hydrogens is 496 g/mol. The molecule has 40 heavy (non-hydrogen) atoms. The maximum atomic E-state index is 14.1. The summed E-state index contributed by atoms with van der Waals surface area (Å²) in [5.41, 5.74) is 5.40. The summed E-state index contributed by atoms with van der Waals surface area (Å²) < 4.78 is 5.86. The van der Waals surface area contributed by atoms with Crippen molar-refractivity contribution in [3.63, 3.8) is 0 Å². The van der Waals surface area contributed by atoms with Gasteiger partial charge in [0.25, 0.3) is 0 Å². The molecule has 1 aliphatic heterocycles. The number of hydrogen-bond donors (Lipinski definition) is 1. The number of unbranched alkanes of at least 4 members (excludes halogenated alkanes) is 3. The quantitative estimate of drug-likeness (QED) is 0.265. The van der Waals surface area contributed by atoms with Gasteiger partial charge in [0.1, 0.15) is 5.75 Å². The molecule has 2 aliphatic rings. The average molecular weight is 537 g/mol. The molecule has 0 saturated heterocycles. The molecule has 208 valence electrons. The first kappa shape index (κ1) is 27.7. The SMILES string of the molecule is CCCCCC(=O)N1c2ccccc2NC2=C(C(=O)C[C@@H](c3ccc(OCCCC)cc3)C2)[C@H]1c1ccccc1. The number of nitrogens with zero attached hydrogens (tertiary/aromatic N) is 1. The molecule has 3 aromatic carbocycles. The largest absolute Gasteiger partial charge is 0.494 e. The van der Waals surface area contributed by atoms with Gasteiger partial charge in [0.05, 0.1) is 24.0 Å². The van der Waals surface area contributed by atoms with Crippen LogP contribution in [0.25, 0.3) is 0 Å². The summed E-state index contributed by atoms with van der Waals surface area (Å²) in [5.74, 6) is 1.06. The van der Waals surface area contributed by atoms with E-state index in [1.54, 1.807) is 0 Å². The van der Waals surface area contributed by atoms with Crippen molar-refractivity contribution in [3.05, 3.63) is 101 Å². The maximum Gasteiger partial charge on any atom is 0.227 e. The second-order valence-electron chi connectivity index (χ2n) is 10.9. The van der Waals surface area contributed by atoms with Crippen molar-refractivity contribution in [3.8, 4) is 5.75 Å². The van der Waals surface area contributed by atoms with E-state index in [2.05, 4.69) is 31.3 Å². The number of allylic oxidation sites excluding steroid dienone is 1. The van der Waals surface area contributed by atoms with Crippen LogP contribution in [0.1, 0.15) is 88.3 Å². The maximum absolute atomic E-state index is 14.1. The summed E-state index contributed by atoms with van der Waals surface area (Å²) in [6, 6.07) is 25.7. The molecule has 0 unspecified atom stereocenters. The number of Topliss-reactive ketones (excluding diaryl/α,β-unsaturated/α-hetero) is 1. The lowest BCUT2D eigenvalue weighted by atomic mass is 9.78. The van der Waals surface area contributed by atoms with Crippen LogP contribution in [0.2, 0.25) is 0 Å². The van der Waals surface area contributed by atoms with Crippen LogP contribution in [0.3, 0.4) is 0 Å². The van der Waals surface area contributed by atoms with Crippen LogP contribution in [0.4, 0.5) is 11.4 Å². The van der Waals surface area contributed by atoms with Gasteiger partial charge in [0.15, 0.2) is 5.78 Å². The summed E-state index contributed by atoms with van der Waals surface area (Å²) >= 11 is 0. The van der Waals surface area contributed by atoms with Crippen molar-refractivity contribution in [2.75, 3.05) is 16.8 Å². The molecule has 0 aromatic heterocycles. The van der Waals surface area contributed by atoms with E-state index >= 15 is 0 Å². The Hall–Kier alpha value is -3.86. The van der Waals surface area contributed by atoms with Gasteiger partial charge in [0.2, 0.25) is 5.91 Å². The fraction of sp³-hybridized carbons (Fsp3) is 0.371. The third kappa shape index (κ3) is 5.99. The zero-order chi connectivity index (χ0) is 27.9. The second kappa shape index (κ2) is 13.0. The number of hydrogen-bond acceptors (Lipinski definition) is 4. The van der Waals surface area contributed by atoms with Gasteiger partial charge in [-0.15, -0.1) is 0 Å². The number of ketones is 1. The molecule has 1 heterocycles. The highest BCUT2D eigenvalue weighted by molar-refractivity contribution is 6.06. The normalized spacial score (nSPS) is 18.4. The highest BCUT2D eigenvalue weighted by Crippen LogP contribution is 2.47. The van der Waals surface area contributed by atoms with Crippen molar-refractivity contribution in [1.82, 2.24) is 0 Å². The first-order chi connectivity index (χ1) is 19.6. The third-order valence-electron chi connectivity index (χ3n) is 7.98. The van der Waals surface area contributed by atoms with Crippen molar-refractivity contribution >= 4 is 23.1 Å². The van der Waals surface area contributed by atoms with Crippen molar-refractivity contribution in [1.29, 1.82) is 0 Å². The number of amides is 1. The molecule has 5 nitrogen and oxygen atoms in total. The zero-order valence-electron chi connectivity index (χ0n) is 23.7. The van der Waals surface area contributed by atoms with Gasteiger partial charge in [-0.25, -0.2) is 0 Å². The van der Waals surface area contributed by atoms with Crippen molar-refractivity contribution in [2.45, 2.75) is 77.2 Å². The summed E-state index contributed by atoms with van der Waals surface area (Å²) in [7, 11) is 0. The average Bonchev–Trinajstić information content (AvgIpc) is 3.13. The molecular formula is C35H40N2O3. The number of fused-ring (bicyclic) bond motifs is 1. The van der Waals surface area contributed by atoms with Crippen molar-refractivity contribution in [2.24, 2.45) is 0 Å². The molecule has 1 N–H and O–H groups in total. The second-order valence-corrected chi connectivity index (χ2v) is 10.9. The Kier molecular flexibility index (Phi) is 9.00. The van der Waals surface area contributed by atoms with Crippen LogP contribution in [-0.4, -0.2) is 18.3 Å². The number of rotatable bonds is 10. The van der Waals surface area contributed by atoms with E-state index in [-0.39, 0.29) is 17.6 Å². The number of anilines is 2. The lowest BCUT2D eigenvalue weighted by Gasteiger charge is -2.35. The Bertz CT molecular complexity index is 1350. The fourth-order valence-electron chi connectivity index (χ4n) is 5.87. The predicted molar refractivity (Wildman–Crippen MR) is 162 cm³/mol. The molecule has 0 saturated carbocycles. The van der Waals surface area contributed by atoms with Crippen LogP contribution >= 0.6 is 0 Å². The summed E-state index contributed by atoms with van der Waals surface area (Å²) in [6.45, 7) is 5.01. The minimum atomic E-state index is -0.468. The predicted octanol–water partition coefficient (Wildman–Crippen LogP) is 8.35. The summed E-state index contributed by atoms with van der Waals surface area (Å²) in [6.07, 6.45) is 6.59. The minimum Gasteiger partial charge on any atom is -0.494 e. The van der Waals surface area contributed by atoms with Gasteiger partial charge in [-0.1, -0.05) is 87.7 Å². The van der Waals surface area contributed by atoms with E-state index < -0.39 is 6.04 Å². The molecule has 5 heteroatoms. The highest BCUT2D eigenvalue weighted by atomic mass is 16.5. The number of benzene rings is 3. The number of para-hydroxylation sites is 2. The molecule has 1 amide bonds. The van der Waals surface area contributed by atoms with Crippen LogP contribution in [0.15, 0.2) is 90.1 Å². The van der Waals surface area contributed by atoms with E-state index in [0.717, 1.165) is 66.1 Å². The lowest BCUT2D eigenvalue weighted by Crippen LogP contribution is -2.38. The van der Waals surface area contributed by atoms with Crippen LogP contribution in [0.5, 0.6) is 5.75 Å². The number of carbonyl (C=O) groups excluding carboxylic acids is 2. The Morgan fingerprint density at radius 2 is 1.57 bits per heavy atom. The molecule has 5 rings (SSSR count). The number of nitrogens with one attached hydrogen (secondary N) is 1. The Morgan fingerprint density at radius 1 is 0.850 bits per heavy atom. The van der Waals surface area contributed by atoms with Gasteiger partial charge in [0, 0.05) is 24.1 Å². The van der Waals surface area contributed by atoms with Gasteiger partial charge in [-0.2, -0.15) is 0 Å². The molecule has 0 bridgehead atoms. The molecule has 0 fully saturated rings. The van der Waals surface area contributed by atoms with E-state index in [4.69, 9.17) is 4.74 Å². The lowest BCUT2D eigenvalue weighted by molar-refractivity contribution is -0.119. The molecule has 1 aliphatic carbocycles. The van der Waals surface area contributed by atoms with E-state index in [0.29, 0.717) is 31.4 Å². The third-order valence-corrected chi connectivity index (χ3v) is 7.98. The van der Waals surface area contributed by atoms with Gasteiger partial charge < -0.3 is 10.1 Å². The van der Waals surface area contributed by atoms with Gasteiger partial charge in [-0.3, -0.25) is 14.5 Å². The smallest absolute Gasteiger partial charge is 0.227 e. The monoisotopic (exact) mass is 536 g/mol. The molecule has 2 atom stereocenters. The van der Waals surface area contributed by atoms with E-state index in [1.165, 1.54) is 0 Å². The Labute approximate surface area is 238 Å². The molecule has 0 radical (unpaired) electrons. The van der Waals surface area contributed by atoms with Crippen LogP contribution < -0.4 is 15.0 Å². The summed E-state index contributed by atoms with van der Waals surface area (Å²) in [4.78, 5) is 29.9. The molecule has 0 spiro atoms. The van der Waals surface area contributed by atoms with E-state index in [9.17, 15) is 9.59 Å². The van der Waals surface area contributed by atoms with Crippen LogP contribution in [0, 0.1) is 0 Å². The Balaban J connectivity index is 1.53. The zero-order valence-corrected chi connectivity index (χ0v) is 23.7. The standard InChI is InChI=1S/C35H40N2O3/c1-3-5-8-17-33(39)37-31-16-12-11-15-29(31)36-30-23-27(25-18-20-28(21-19-25)40-22-6-4-2)24-32(38)34(30)35(37)26-13-9-7-10-14-26/h7,9-16,18-21,27,35-36H,3-6,8,17,22-24H2,1-2H3/t27-,35+/m0/s1. The number of carbonyl (C=O) groups is 2. The van der Waals surface area contributed by atoms with Crippen molar-refractivity contribution < 1.29 is 14.3 Å². The molecule has 3 aromatic rings. The first-order valence-corrected chi connectivity index (χ1v) is 14.8. The van der Waals surface area contributed by atoms with E-state index in [1.807, 2.05) is 71.6 Å². The van der Waals surface area contributed by atoms with Crippen LogP contribution in [-0.2, 0) is 9.59 Å². The van der Waals surface area contributed by atoms with Gasteiger partial charge in [-0.05, 0) is 60.6 Å². The number of ether oxygens (including phenoxy) is 1. The highest BCUT2D eigenvalue weighted by Gasteiger charge is 2.41. The summed E-state index contributed by atoms with van der Waals surface area (Å²) in [5, 5.41) is 3.63. The first-order valence-electron chi connectivity index (χ1n) is 14.8. The fourth-order valence-corrected chi connectivity index (χ4v) is 5.87. The minimum absolute atomic E-state index is 0.0545.